The Morgan fingerprint density at radius 1 is 1.28 bits per heavy atom. The molecule has 150 valence electrons. The number of furan rings is 1. The molecule has 4 aromatic heterocycles. The highest BCUT2D eigenvalue weighted by molar-refractivity contribution is 5.93. The van der Waals surface area contributed by atoms with E-state index in [4.69, 9.17) is 4.42 Å². The zero-order valence-electron chi connectivity index (χ0n) is 15.4. The molecule has 0 radical (unpaired) electrons. The smallest absolute Gasteiger partial charge is 0.433 e. The number of aryl methyl sites for hydroxylation is 2. The van der Waals surface area contributed by atoms with Crippen LogP contribution in [0.4, 0.5) is 13.2 Å². The molecule has 0 aromatic carbocycles. The van der Waals surface area contributed by atoms with Gasteiger partial charge < -0.3 is 9.73 Å². The summed E-state index contributed by atoms with van der Waals surface area (Å²) in [6.45, 7) is 1.96. The Labute approximate surface area is 162 Å². The first-order chi connectivity index (χ1) is 13.7. The highest BCUT2D eigenvalue weighted by atomic mass is 19.4. The van der Waals surface area contributed by atoms with Gasteiger partial charge in [-0.2, -0.15) is 23.4 Å². The average Bonchev–Trinajstić information content (AvgIpc) is 3.37. The molecule has 4 rings (SSSR count). The second-order valence-corrected chi connectivity index (χ2v) is 6.40. The lowest BCUT2D eigenvalue weighted by Crippen LogP contribution is -2.23. The summed E-state index contributed by atoms with van der Waals surface area (Å²) in [6.07, 6.45) is -1.61. The highest BCUT2D eigenvalue weighted by Crippen LogP contribution is 2.32. The van der Waals surface area contributed by atoms with E-state index in [1.807, 2.05) is 0 Å². The number of rotatable bonds is 4. The fraction of sp³-hybridized carbons (Fsp3) is 0.222. The van der Waals surface area contributed by atoms with Crippen LogP contribution in [0.5, 0.6) is 0 Å². The summed E-state index contributed by atoms with van der Waals surface area (Å²) in [6, 6.07) is 5.08. The normalized spacial score (nSPS) is 11.9. The molecule has 0 unspecified atom stereocenters. The van der Waals surface area contributed by atoms with Crippen LogP contribution < -0.4 is 5.32 Å². The van der Waals surface area contributed by atoms with Gasteiger partial charge in [-0.1, -0.05) is 0 Å². The molecular formula is C18H15F3N6O2. The standard InChI is InChI=1S/C18H15F3N6O2/c1-10-11(9-26(2)24-10)8-22-17(28)13-7-16-23-12(14-4-3-5-29-14)6-15(18(19,20)21)27(16)25-13/h3-7,9H,8H2,1-2H3,(H,22,28). The third kappa shape index (κ3) is 3.58. The van der Waals surface area contributed by atoms with Crippen molar-refractivity contribution in [3.8, 4) is 11.5 Å². The Kier molecular flexibility index (Phi) is 4.36. The minimum atomic E-state index is -4.70. The number of amides is 1. The number of aromatic nitrogens is 5. The van der Waals surface area contributed by atoms with Crippen LogP contribution in [0.2, 0.25) is 0 Å². The van der Waals surface area contributed by atoms with Crippen molar-refractivity contribution in [3.05, 3.63) is 59.4 Å². The maximum absolute atomic E-state index is 13.5. The highest BCUT2D eigenvalue weighted by Gasteiger charge is 2.36. The van der Waals surface area contributed by atoms with Crippen LogP contribution in [-0.4, -0.2) is 30.3 Å². The number of alkyl halides is 3. The lowest BCUT2D eigenvalue weighted by Gasteiger charge is -2.09. The van der Waals surface area contributed by atoms with E-state index in [9.17, 15) is 18.0 Å². The average molecular weight is 404 g/mol. The topological polar surface area (TPSA) is 90.2 Å². The monoisotopic (exact) mass is 404 g/mol. The summed E-state index contributed by atoms with van der Waals surface area (Å²) >= 11 is 0. The molecule has 29 heavy (non-hydrogen) atoms. The maximum atomic E-state index is 13.5. The van der Waals surface area contributed by atoms with E-state index in [-0.39, 0.29) is 29.3 Å². The molecule has 0 aliphatic rings. The predicted molar refractivity (Wildman–Crippen MR) is 94.8 cm³/mol. The summed E-state index contributed by atoms with van der Waals surface area (Å²) in [5.41, 5.74) is 0.171. The van der Waals surface area contributed by atoms with Crippen molar-refractivity contribution >= 4 is 11.6 Å². The fourth-order valence-corrected chi connectivity index (χ4v) is 2.93. The lowest BCUT2D eigenvalue weighted by atomic mass is 10.2. The van der Waals surface area contributed by atoms with Crippen molar-refractivity contribution in [2.24, 2.45) is 7.05 Å². The van der Waals surface area contributed by atoms with Crippen LogP contribution in [0.3, 0.4) is 0 Å². The lowest BCUT2D eigenvalue weighted by molar-refractivity contribution is -0.142. The second-order valence-electron chi connectivity index (χ2n) is 6.40. The van der Waals surface area contributed by atoms with Gasteiger partial charge in [0.25, 0.3) is 5.91 Å². The van der Waals surface area contributed by atoms with Gasteiger partial charge in [0.2, 0.25) is 0 Å². The minimum Gasteiger partial charge on any atom is -0.463 e. The van der Waals surface area contributed by atoms with Gasteiger partial charge in [-0.3, -0.25) is 9.48 Å². The van der Waals surface area contributed by atoms with Gasteiger partial charge in [-0.15, -0.1) is 0 Å². The van der Waals surface area contributed by atoms with Crippen LogP contribution >= 0.6 is 0 Å². The molecule has 0 saturated heterocycles. The largest absolute Gasteiger partial charge is 0.463 e. The molecule has 4 aromatic rings. The Morgan fingerprint density at radius 2 is 2.07 bits per heavy atom. The van der Waals surface area contributed by atoms with E-state index >= 15 is 0 Å². The third-order valence-electron chi connectivity index (χ3n) is 4.28. The Hall–Kier alpha value is -3.63. The number of hydrogen-bond donors (Lipinski definition) is 1. The molecule has 1 amide bonds. The Morgan fingerprint density at radius 3 is 2.69 bits per heavy atom. The molecule has 0 spiro atoms. The summed E-state index contributed by atoms with van der Waals surface area (Å²) in [5, 5.41) is 10.6. The first kappa shape index (κ1) is 18.7. The number of hydrogen-bond acceptors (Lipinski definition) is 5. The van der Waals surface area contributed by atoms with Crippen molar-refractivity contribution in [2.45, 2.75) is 19.6 Å². The molecule has 1 N–H and O–H groups in total. The number of carbonyl (C=O) groups is 1. The number of nitrogens with one attached hydrogen (secondary N) is 1. The van der Waals surface area contributed by atoms with Crippen LogP contribution in [-0.2, 0) is 19.8 Å². The van der Waals surface area contributed by atoms with Crippen molar-refractivity contribution in [2.75, 3.05) is 0 Å². The van der Waals surface area contributed by atoms with Crippen LogP contribution in [0, 0.1) is 6.92 Å². The Bertz CT molecular complexity index is 1190. The molecule has 0 aliphatic heterocycles. The van der Waals surface area contributed by atoms with E-state index in [0.29, 0.717) is 4.52 Å². The molecular weight excluding hydrogens is 389 g/mol. The van der Waals surface area contributed by atoms with Gasteiger partial charge in [-0.05, 0) is 25.1 Å². The summed E-state index contributed by atoms with van der Waals surface area (Å²) in [4.78, 5) is 16.6. The van der Waals surface area contributed by atoms with Crippen molar-refractivity contribution < 1.29 is 22.4 Å². The molecule has 0 atom stereocenters. The first-order valence-electron chi connectivity index (χ1n) is 8.51. The van der Waals surface area contributed by atoms with Crippen molar-refractivity contribution in [3.63, 3.8) is 0 Å². The van der Waals surface area contributed by atoms with Crippen LogP contribution in [0.25, 0.3) is 17.1 Å². The van der Waals surface area contributed by atoms with E-state index in [2.05, 4.69) is 20.5 Å². The van der Waals surface area contributed by atoms with Gasteiger partial charge >= 0.3 is 6.18 Å². The molecule has 0 bridgehead atoms. The van der Waals surface area contributed by atoms with Gasteiger partial charge in [0.1, 0.15) is 5.69 Å². The number of carbonyl (C=O) groups excluding carboxylic acids is 1. The van der Waals surface area contributed by atoms with E-state index in [1.54, 1.807) is 30.9 Å². The van der Waals surface area contributed by atoms with Crippen molar-refractivity contribution in [1.82, 2.24) is 29.7 Å². The Balaban J connectivity index is 1.69. The molecule has 8 nitrogen and oxygen atoms in total. The fourth-order valence-electron chi connectivity index (χ4n) is 2.93. The van der Waals surface area contributed by atoms with Gasteiger partial charge in [-0.25, -0.2) is 9.50 Å². The maximum Gasteiger partial charge on any atom is 0.433 e. The molecule has 0 aliphatic carbocycles. The van der Waals surface area contributed by atoms with Crippen LogP contribution in [0.1, 0.15) is 27.4 Å². The summed E-state index contributed by atoms with van der Waals surface area (Å²) in [5.74, 6) is -0.441. The third-order valence-corrected chi connectivity index (χ3v) is 4.28. The van der Waals surface area contributed by atoms with Crippen molar-refractivity contribution in [1.29, 1.82) is 0 Å². The van der Waals surface area contributed by atoms with Gasteiger partial charge in [0.05, 0.1) is 12.0 Å². The predicted octanol–water partition coefficient (Wildman–Crippen LogP) is 2.98. The summed E-state index contributed by atoms with van der Waals surface area (Å²) < 4.78 is 48.0. The van der Waals surface area contributed by atoms with Crippen LogP contribution in [0.15, 0.2) is 41.1 Å². The SMILES string of the molecule is Cc1nn(C)cc1CNC(=O)c1cc2nc(-c3ccco3)cc(C(F)(F)F)n2n1. The van der Waals surface area contributed by atoms with E-state index < -0.39 is 17.8 Å². The second kappa shape index (κ2) is 6.76. The quantitative estimate of drug-likeness (QED) is 0.565. The minimum absolute atomic E-state index is 0.00679. The van der Waals surface area contributed by atoms with E-state index in [0.717, 1.165) is 17.3 Å². The van der Waals surface area contributed by atoms with E-state index in [1.165, 1.54) is 18.4 Å². The number of fused-ring (bicyclic) bond motifs is 1. The summed E-state index contributed by atoms with van der Waals surface area (Å²) in [7, 11) is 1.75. The molecule has 0 saturated carbocycles. The molecule has 0 fully saturated rings. The number of nitrogens with zero attached hydrogens (tertiary/aromatic N) is 5. The molecule has 4 heterocycles. The van der Waals surface area contributed by atoms with Gasteiger partial charge in [0, 0.05) is 31.4 Å². The van der Waals surface area contributed by atoms with Gasteiger partial charge in [0.15, 0.2) is 22.8 Å². The zero-order chi connectivity index (χ0) is 20.8. The first-order valence-corrected chi connectivity index (χ1v) is 8.51. The number of halogens is 3. The zero-order valence-corrected chi connectivity index (χ0v) is 15.4. The molecule has 11 heteroatoms.